The van der Waals surface area contributed by atoms with Gasteiger partial charge in [-0.1, -0.05) is 0 Å². The molecule has 2 aromatic heterocycles. The van der Waals surface area contributed by atoms with Crippen LogP contribution in [0.15, 0.2) is 48.7 Å². The Kier molecular flexibility index (Phi) is 4.09. The Morgan fingerprint density at radius 2 is 1.66 bits per heavy atom. The molecule has 32 heavy (non-hydrogen) atoms. The van der Waals surface area contributed by atoms with E-state index >= 15 is 0 Å². The smallest absolute Gasteiger partial charge is 0.268 e. The summed E-state index contributed by atoms with van der Waals surface area (Å²) in [6, 6.07) is 8.22. The number of hydrogen-bond acceptors (Lipinski definition) is 6. The minimum Gasteiger partial charge on any atom is -0.268 e. The molecule has 11 heteroatoms. The van der Waals surface area contributed by atoms with Crippen LogP contribution in [0.25, 0.3) is 16.7 Å². The van der Waals surface area contributed by atoms with Crippen LogP contribution < -0.4 is 4.90 Å². The lowest BCUT2D eigenvalue weighted by Gasteiger charge is -2.13. The molecule has 0 bridgehead atoms. The standard InChI is InChI=1S/C21H11F2N5O4/c1-10-17-18-14(9-24-19(17)27(25-10)13-6-7-15(22)16(23)8-13)20(29)26(21(18)30)11-2-4-12(5-3-11)28(31)32/h2-9H,1H3. The number of carbonyl (C=O) groups excluding carboxylic acids is 2. The maximum Gasteiger partial charge on any atom is 0.269 e. The van der Waals surface area contributed by atoms with E-state index in [2.05, 4.69) is 10.1 Å². The number of nitro groups is 1. The van der Waals surface area contributed by atoms with Crippen molar-refractivity contribution in [1.29, 1.82) is 0 Å². The Morgan fingerprint density at radius 1 is 0.969 bits per heavy atom. The van der Waals surface area contributed by atoms with E-state index in [-0.39, 0.29) is 33.8 Å². The number of amides is 2. The topological polar surface area (TPSA) is 111 Å². The molecule has 0 unspecified atom stereocenters. The van der Waals surface area contributed by atoms with Crippen molar-refractivity contribution < 1.29 is 23.3 Å². The first kappa shape index (κ1) is 19.4. The highest BCUT2D eigenvalue weighted by atomic mass is 19.2. The summed E-state index contributed by atoms with van der Waals surface area (Å²) >= 11 is 0. The van der Waals surface area contributed by atoms with Crippen LogP contribution in [0.1, 0.15) is 26.4 Å². The van der Waals surface area contributed by atoms with E-state index in [4.69, 9.17) is 0 Å². The fraction of sp³-hybridized carbons (Fsp3) is 0.0476. The molecular formula is C21H11F2N5O4. The van der Waals surface area contributed by atoms with E-state index in [1.165, 1.54) is 41.2 Å². The summed E-state index contributed by atoms with van der Waals surface area (Å²) in [7, 11) is 0. The lowest BCUT2D eigenvalue weighted by atomic mass is 10.1. The molecule has 2 amide bonds. The van der Waals surface area contributed by atoms with Gasteiger partial charge >= 0.3 is 0 Å². The number of hydrogen-bond donors (Lipinski definition) is 0. The predicted molar refractivity (Wildman–Crippen MR) is 108 cm³/mol. The number of imide groups is 1. The summed E-state index contributed by atoms with van der Waals surface area (Å²) < 4.78 is 28.3. The SMILES string of the molecule is Cc1nn(-c2ccc(F)c(F)c2)c2ncc3c(c12)C(=O)N(c1ccc([N+](=O)[O-])cc1)C3=O. The number of nitrogens with zero attached hydrogens (tertiary/aromatic N) is 5. The largest absolute Gasteiger partial charge is 0.269 e. The van der Waals surface area contributed by atoms with Gasteiger partial charge in [-0.25, -0.2) is 23.3 Å². The van der Waals surface area contributed by atoms with Gasteiger partial charge in [0.2, 0.25) is 0 Å². The van der Waals surface area contributed by atoms with E-state index in [0.29, 0.717) is 11.1 Å². The third-order valence-corrected chi connectivity index (χ3v) is 5.19. The molecule has 0 spiro atoms. The van der Waals surface area contributed by atoms with Gasteiger partial charge in [-0.05, 0) is 31.2 Å². The monoisotopic (exact) mass is 435 g/mol. The Morgan fingerprint density at radius 3 is 2.31 bits per heavy atom. The van der Waals surface area contributed by atoms with Crippen molar-refractivity contribution in [2.75, 3.05) is 4.90 Å². The van der Waals surface area contributed by atoms with Gasteiger partial charge in [0, 0.05) is 24.4 Å². The van der Waals surface area contributed by atoms with Crippen molar-refractivity contribution in [3.8, 4) is 5.69 Å². The highest BCUT2D eigenvalue weighted by Crippen LogP contribution is 2.35. The Hall–Kier alpha value is -4.54. The van der Waals surface area contributed by atoms with Crippen molar-refractivity contribution in [1.82, 2.24) is 14.8 Å². The average molecular weight is 435 g/mol. The fourth-order valence-corrected chi connectivity index (χ4v) is 3.72. The number of anilines is 1. The second-order valence-corrected chi connectivity index (χ2v) is 7.06. The summed E-state index contributed by atoms with van der Waals surface area (Å²) in [6.45, 7) is 1.60. The normalized spacial score (nSPS) is 13.2. The maximum atomic E-state index is 13.7. The third-order valence-electron chi connectivity index (χ3n) is 5.19. The van der Waals surface area contributed by atoms with E-state index in [1.807, 2.05) is 0 Å². The van der Waals surface area contributed by atoms with Gasteiger partial charge < -0.3 is 0 Å². The van der Waals surface area contributed by atoms with Crippen LogP contribution >= 0.6 is 0 Å². The Bertz CT molecular complexity index is 1480. The zero-order valence-corrected chi connectivity index (χ0v) is 16.2. The van der Waals surface area contributed by atoms with Crippen molar-refractivity contribution in [2.24, 2.45) is 0 Å². The van der Waals surface area contributed by atoms with Crippen LogP contribution in [0.2, 0.25) is 0 Å². The lowest BCUT2D eigenvalue weighted by Crippen LogP contribution is -2.29. The second kappa shape index (κ2) is 6.74. The maximum absolute atomic E-state index is 13.7. The van der Waals surface area contributed by atoms with Crippen LogP contribution in [0, 0.1) is 28.7 Å². The fourth-order valence-electron chi connectivity index (χ4n) is 3.72. The Balaban J connectivity index is 1.66. The number of aryl methyl sites for hydroxylation is 1. The molecule has 0 fully saturated rings. The van der Waals surface area contributed by atoms with Crippen molar-refractivity contribution >= 4 is 34.2 Å². The molecule has 1 aliphatic heterocycles. The molecule has 0 N–H and O–H groups in total. The number of carbonyl (C=O) groups is 2. The number of rotatable bonds is 3. The van der Waals surface area contributed by atoms with Crippen LogP contribution in [0.5, 0.6) is 0 Å². The molecule has 0 aliphatic carbocycles. The van der Waals surface area contributed by atoms with Crippen LogP contribution in [0.4, 0.5) is 20.2 Å². The second-order valence-electron chi connectivity index (χ2n) is 7.06. The molecule has 158 valence electrons. The van der Waals surface area contributed by atoms with Crippen molar-refractivity contribution in [3.05, 3.63) is 87.2 Å². The van der Waals surface area contributed by atoms with Gasteiger partial charge in [0.25, 0.3) is 17.5 Å². The number of fused-ring (bicyclic) bond motifs is 3. The molecule has 4 aromatic rings. The Labute approximate surface area is 177 Å². The van der Waals surface area contributed by atoms with Crippen LogP contribution in [-0.4, -0.2) is 31.5 Å². The zero-order valence-electron chi connectivity index (χ0n) is 16.2. The molecular weight excluding hydrogens is 424 g/mol. The number of aromatic nitrogens is 3. The summed E-state index contributed by atoms with van der Waals surface area (Å²) in [5, 5.41) is 15.5. The van der Waals surface area contributed by atoms with E-state index < -0.39 is 28.4 Å². The average Bonchev–Trinajstić information content (AvgIpc) is 3.24. The summed E-state index contributed by atoms with van der Waals surface area (Å²) in [5.74, 6) is -3.36. The first-order chi connectivity index (χ1) is 15.3. The number of halogens is 2. The van der Waals surface area contributed by atoms with Gasteiger partial charge in [0.05, 0.1) is 38.5 Å². The summed E-state index contributed by atoms with van der Waals surface area (Å²) in [5.41, 5.74) is 0.857. The van der Waals surface area contributed by atoms with Crippen LogP contribution in [0.3, 0.4) is 0 Å². The number of pyridine rings is 1. The van der Waals surface area contributed by atoms with E-state index in [0.717, 1.165) is 17.0 Å². The first-order valence-electron chi connectivity index (χ1n) is 9.25. The van der Waals surface area contributed by atoms with Gasteiger partial charge in [0.15, 0.2) is 17.3 Å². The molecule has 0 saturated heterocycles. The van der Waals surface area contributed by atoms with Gasteiger partial charge in [-0.15, -0.1) is 0 Å². The minimum absolute atomic E-state index is 0.0498. The quantitative estimate of drug-likeness (QED) is 0.276. The number of nitro benzene ring substituents is 1. The van der Waals surface area contributed by atoms with Gasteiger partial charge in [0.1, 0.15) is 0 Å². The van der Waals surface area contributed by atoms with Crippen LogP contribution in [-0.2, 0) is 0 Å². The molecule has 0 atom stereocenters. The summed E-state index contributed by atoms with van der Waals surface area (Å²) in [4.78, 5) is 41.6. The molecule has 5 rings (SSSR count). The number of benzene rings is 2. The predicted octanol–water partition coefficient (Wildman–Crippen LogP) is 3.72. The zero-order chi connectivity index (χ0) is 22.7. The van der Waals surface area contributed by atoms with Crippen molar-refractivity contribution in [3.63, 3.8) is 0 Å². The van der Waals surface area contributed by atoms with Gasteiger partial charge in [-0.2, -0.15) is 5.10 Å². The van der Waals surface area contributed by atoms with Crippen molar-refractivity contribution in [2.45, 2.75) is 6.92 Å². The molecule has 0 saturated carbocycles. The highest BCUT2D eigenvalue weighted by molar-refractivity contribution is 6.37. The van der Waals surface area contributed by atoms with E-state index in [1.54, 1.807) is 6.92 Å². The highest BCUT2D eigenvalue weighted by Gasteiger charge is 2.40. The molecule has 3 heterocycles. The lowest BCUT2D eigenvalue weighted by molar-refractivity contribution is -0.384. The first-order valence-corrected chi connectivity index (χ1v) is 9.25. The molecule has 2 aromatic carbocycles. The third kappa shape index (κ3) is 2.68. The van der Waals surface area contributed by atoms with E-state index in [9.17, 15) is 28.5 Å². The minimum atomic E-state index is -1.07. The summed E-state index contributed by atoms with van der Waals surface area (Å²) in [6.07, 6.45) is 1.22. The number of non-ortho nitro benzene ring substituents is 1. The molecule has 1 aliphatic rings. The molecule has 9 nitrogen and oxygen atoms in total. The molecule has 0 radical (unpaired) electrons. The van der Waals surface area contributed by atoms with Gasteiger partial charge in [-0.3, -0.25) is 19.7 Å².